The Labute approximate surface area is 116 Å². The minimum atomic E-state index is 0.296. The maximum absolute atomic E-state index is 5.26. The summed E-state index contributed by atoms with van der Waals surface area (Å²) in [4.78, 5) is 11.1. The minimum Gasteiger partial charge on any atom is -0.383 e. The van der Waals surface area contributed by atoms with Gasteiger partial charge < -0.3 is 15.0 Å². The third-order valence-corrected chi connectivity index (χ3v) is 3.17. The Bertz CT molecular complexity index is 384. The van der Waals surface area contributed by atoms with Crippen LogP contribution in [0.5, 0.6) is 0 Å². The SMILES string of the molecule is CCNc1ncnc(N(CC)C(C)COC)c1CC. The number of likely N-dealkylation sites (N-methyl/N-ethyl adjacent to an activating group) is 1. The predicted octanol–water partition coefficient (Wildman–Crippen LogP) is 2.33. The number of nitrogens with zero attached hydrogens (tertiary/aromatic N) is 3. The third kappa shape index (κ3) is 3.80. The number of hydrogen-bond donors (Lipinski definition) is 1. The summed E-state index contributed by atoms with van der Waals surface area (Å²) < 4.78 is 5.26. The van der Waals surface area contributed by atoms with Crippen LogP contribution in [0, 0.1) is 0 Å². The van der Waals surface area contributed by atoms with Crippen LogP contribution in [0.3, 0.4) is 0 Å². The lowest BCUT2D eigenvalue weighted by molar-refractivity contribution is 0.181. The van der Waals surface area contributed by atoms with Crippen molar-refractivity contribution in [1.29, 1.82) is 0 Å². The molecule has 1 unspecified atom stereocenters. The van der Waals surface area contributed by atoms with Crippen LogP contribution in [0.25, 0.3) is 0 Å². The average Bonchev–Trinajstić information content (AvgIpc) is 2.40. The van der Waals surface area contributed by atoms with E-state index in [1.165, 1.54) is 5.56 Å². The molecule has 1 N–H and O–H groups in total. The normalized spacial score (nSPS) is 12.3. The van der Waals surface area contributed by atoms with Gasteiger partial charge in [0.1, 0.15) is 18.0 Å². The first-order chi connectivity index (χ1) is 9.19. The zero-order chi connectivity index (χ0) is 14.3. The molecule has 1 aromatic rings. The van der Waals surface area contributed by atoms with Gasteiger partial charge >= 0.3 is 0 Å². The monoisotopic (exact) mass is 266 g/mol. The summed E-state index contributed by atoms with van der Waals surface area (Å²) in [6.07, 6.45) is 2.55. The number of ether oxygens (including phenoxy) is 1. The molecule has 1 aromatic heterocycles. The Balaban J connectivity index is 3.11. The molecule has 0 radical (unpaired) electrons. The quantitative estimate of drug-likeness (QED) is 0.782. The van der Waals surface area contributed by atoms with Gasteiger partial charge in [0.05, 0.1) is 12.6 Å². The van der Waals surface area contributed by atoms with Crippen LogP contribution in [0.2, 0.25) is 0 Å². The maximum Gasteiger partial charge on any atom is 0.137 e. The van der Waals surface area contributed by atoms with Gasteiger partial charge in [-0.2, -0.15) is 0 Å². The molecule has 0 saturated heterocycles. The highest BCUT2D eigenvalue weighted by molar-refractivity contribution is 5.59. The maximum atomic E-state index is 5.26. The average molecular weight is 266 g/mol. The molecule has 0 aliphatic rings. The molecule has 0 aliphatic heterocycles. The zero-order valence-electron chi connectivity index (χ0n) is 12.7. The van der Waals surface area contributed by atoms with Crippen LogP contribution in [-0.2, 0) is 11.2 Å². The Morgan fingerprint density at radius 1 is 1.32 bits per heavy atom. The van der Waals surface area contributed by atoms with E-state index in [4.69, 9.17) is 4.74 Å². The predicted molar refractivity (Wildman–Crippen MR) is 79.9 cm³/mol. The van der Waals surface area contributed by atoms with Crippen LogP contribution >= 0.6 is 0 Å². The second-order valence-electron chi connectivity index (χ2n) is 4.50. The van der Waals surface area contributed by atoms with Gasteiger partial charge in [-0.3, -0.25) is 0 Å². The number of hydrogen-bond acceptors (Lipinski definition) is 5. The van der Waals surface area contributed by atoms with Crippen molar-refractivity contribution in [3.05, 3.63) is 11.9 Å². The fourth-order valence-electron chi connectivity index (χ4n) is 2.30. The summed E-state index contributed by atoms with van der Waals surface area (Å²) >= 11 is 0. The van der Waals surface area contributed by atoms with Gasteiger partial charge in [-0.1, -0.05) is 6.92 Å². The first-order valence-electron chi connectivity index (χ1n) is 7.02. The van der Waals surface area contributed by atoms with Crippen LogP contribution in [0.15, 0.2) is 6.33 Å². The molecule has 0 amide bonds. The van der Waals surface area contributed by atoms with Gasteiger partial charge in [0.2, 0.25) is 0 Å². The number of anilines is 2. The summed E-state index contributed by atoms with van der Waals surface area (Å²) in [5.74, 6) is 1.96. The van der Waals surface area contributed by atoms with Crippen molar-refractivity contribution in [2.45, 2.75) is 40.2 Å². The standard InChI is InChI=1S/C14H26N4O/c1-6-12-13(15-7-2)16-10-17-14(12)18(8-3)11(4)9-19-5/h10-11H,6-9H2,1-5H3,(H,15,16,17). The van der Waals surface area contributed by atoms with Gasteiger partial charge in [0, 0.05) is 25.8 Å². The van der Waals surface area contributed by atoms with Crippen molar-refractivity contribution < 1.29 is 4.74 Å². The van der Waals surface area contributed by atoms with Gasteiger partial charge in [-0.25, -0.2) is 9.97 Å². The van der Waals surface area contributed by atoms with E-state index >= 15 is 0 Å². The topological polar surface area (TPSA) is 50.3 Å². The van der Waals surface area contributed by atoms with E-state index in [-0.39, 0.29) is 0 Å². The summed E-state index contributed by atoms with van der Waals surface area (Å²) in [6.45, 7) is 11.0. The van der Waals surface area contributed by atoms with E-state index in [2.05, 4.69) is 47.9 Å². The summed E-state index contributed by atoms with van der Waals surface area (Å²) in [7, 11) is 1.73. The fourth-order valence-corrected chi connectivity index (χ4v) is 2.30. The smallest absolute Gasteiger partial charge is 0.137 e. The van der Waals surface area contributed by atoms with Gasteiger partial charge in [-0.05, 0) is 27.2 Å². The molecular weight excluding hydrogens is 240 g/mol. The number of aromatic nitrogens is 2. The lowest BCUT2D eigenvalue weighted by Crippen LogP contribution is -2.37. The first kappa shape index (κ1) is 15.7. The molecule has 0 aromatic carbocycles. The Kier molecular flexibility index (Phi) is 6.56. The molecule has 1 rings (SSSR count). The molecule has 0 saturated carbocycles. The molecule has 5 nitrogen and oxygen atoms in total. The van der Waals surface area contributed by atoms with Crippen molar-refractivity contribution in [3.63, 3.8) is 0 Å². The van der Waals surface area contributed by atoms with E-state index < -0.39 is 0 Å². The van der Waals surface area contributed by atoms with E-state index in [1.54, 1.807) is 13.4 Å². The van der Waals surface area contributed by atoms with Crippen LogP contribution in [0.1, 0.15) is 33.3 Å². The van der Waals surface area contributed by atoms with E-state index in [1.807, 2.05) is 0 Å². The van der Waals surface area contributed by atoms with E-state index in [9.17, 15) is 0 Å². The third-order valence-electron chi connectivity index (χ3n) is 3.17. The first-order valence-corrected chi connectivity index (χ1v) is 7.02. The highest BCUT2D eigenvalue weighted by atomic mass is 16.5. The highest BCUT2D eigenvalue weighted by Gasteiger charge is 2.19. The van der Waals surface area contributed by atoms with Gasteiger partial charge in [-0.15, -0.1) is 0 Å². The molecule has 0 bridgehead atoms. The molecule has 108 valence electrons. The largest absolute Gasteiger partial charge is 0.383 e. The Hall–Kier alpha value is -1.36. The van der Waals surface area contributed by atoms with Crippen molar-refractivity contribution in [3.8, 4) is 0 Å². The molecule has 19 heavy (non-hydrogen) atoms. The molecular formula is C14H26N4O. The second-order valence-corrected chi connectivity index (χ2v) is 4.50. The number of methoxy groups -OCH3 is 1. The molecule has 0 aliphatic carbocycles. The number of nitrogens with one attached hydrogen (secondary N) is 1. The van der Waals surface area contributed by atoms with E-state index in [0.717, 1.165) is 31.1 Å². The molecule has 1 heterocycles. The summed E-state index contributed by atoms with van der Waals surface area (Å²) in [6, 6.07) is 0.296. The van der Waals surface area contributed by atoms with Crippen LogP contribution < -0.4 is 10.2 Å². The van der Waals surface area contributed by atoms with Gasteiger partial charge in [0.15, 0.2) is 0 Å². The minimum absolute atomic E-state index is 0.296. The Morgan fingerprint density at radius 3 is 2.58 bits per heavy atom. The molecule has 5 heteroatoms. The second kappa shape index (κ2) is 7.94. The summed E-state index contributed by atoms with van der Waals surface area (Å²) in [5.41, 5.74) is 1.18. The molecule has 0 fully saturated rings. The fraction of sp³-hybridized carbons (Fsp3) is 0.714. The summed E-state index contributed by atoms with van der Waals surface area (Å²) in [5, 5.41) is 3.31. The van der Waals surface area contributed by atoms with E-state index in [0.29, 0.717) is 12.6 Å². The van der Waals surface area contributed by atoms with Crippen LogP contribution in [0.4, 0.5) is 11.6 Å². The lowest BCUT2D eigenvalue weighted by Gasteiger charge is -2.30. The highest BCUT2D eigenvalue weighted by Crippen LogP contribution is 2.25. The molecule has 1 atom stereocenters. The Morgan fingerprint density at radius 2 is 2.05 bits per heavy atom. The van der Waals surface area contributed by atoms with Crippen molar-refractivity contribution in [2.75, 3.05) is 37.0 Å². The lowest BCUT2D eigenvalue weighted by atomic mass is 10.1. The van der Waals surface area contributed by atoms with Crippen molar-refractivity contribution in [2.24, 2.45) is 0 Å². The number of rotatable bonds is 8. The van der Waals surface area contributed by atoms with Crippen molar-refractivity contribution >= 4 is 11.6 Å². The van der Waals surface area contributed by atoms with Crippen LogP contribution in [-0.4, -0.2) is 42.8 Å². The zero-order valence-corrected chi connectivity index (χ0v) is 12.7. The van der Waals surface area contributed by atoms with Crippen molar-refractivity contribution in [1.82, 2.24) is 9.97 Å². The van der Waals surface area contributed by atoms with Gasteiger partial charge in [0.25, 0.3) is 0 Å². The molecule has 0 spiro atoms.